The molecule has 3 heteroatoms. The molecule has 0 aromatic heterocycles. The molecule has 0 spiro atoms. The largest absolute Gasteiger partial charge is 0.322 e. The van der Waals surface area contributed by atoms with E-state index in [9.17, 15) is 0 Å². The van der Waals surface area contributed by atoms with E-state index in [4.69, 9.17) is 0 Å². The third-order valence-corrected chi connectivity index (χ3v) is 7.94. The lowest BCUT2D eigenvalue weighted by Crippen LogP contribution is -2.48. The molecule has 0 fully saturated rings. The van der Waals surface area contributed by atoms with Gasteiger partial charge < -0.3 is 4.57 Å². The van der Waals surface area contributed by atoms with Gasteiger partial charge in [0.1, 0.15) is 0 Å². The van der Waals surface area contributed by atoms with Crippen molar-refractivity contribution >= 4 is 19.9 Å². The standard InChI is InChI=1S/C10H27NSi2/c1-6-9(2)11(10(3,4)5)13-8-7-12/h9H,6-8,13H2,1-5,12H3. The second kappa shape index (κ2) is 5.99. The maximum atomic E-state index is 2.78. The summed E-state index contributed by atoms with van der Waals surface area (Å²) in [6, 6.07) is 3.81. The quantitative estimate of drug-likeness (QED) is 0.625. The van der Waals surface area contributed by atoms with Crippen LogP contribution in [0.25, 0.3) is 0 Å². The summed E-state index contributed by atoms with van der Waals surface area (Å²) in [7, 11) is 1.42. The van der Waals surface area contributed by atoms with E-state index in [1.165, 1.54) is 28.8 Å². The van der Waals surface area contributed by atoms with Crippen molar-refractivity contribution in [2.45, 2.75) is 64.7 Å². The first kappa shape index (κ1) is 13.4. The summed E-state index contributed by atoms with van der Waals surface area (Å²) in [5.41, 5.74) is 0.401. The summed E-state index contributed by atoms with van der Waals surface area (Å²) >= 11 is 0. The molecule has 0 aliphatic heterocycles. The third kappa shape index (κ3) is 4.98. The molecule has 0 N–H and O–H groups in total. The van der Waals surface area contributed by atoms with Crippen molar-refractivity contribution < 1.29 is 0 Å². The monoisotopic (exact) mass is 217 g/mol. The van der Waals surface area contributed by atoms with Gasteiger partial charge in [-0.1, -0.05) is 25.9 Å². The van der Waals surface area contributed by atoms with Crippen LogP contribution in [0, 0.1) is 0 Å². The van der Waals surface area contributed by atoms with E-state index in [1.807, 2.05) is 0 Å². The molecule has 1 atom stereocenters. The van der Waals surface area contributed by atoms with Crippen LogP contribution in [0.3, 0.4) is 0 Å². The van der Waals surface area contributed by atoms with E-state index >= 15 is 0 Å². The highest BCUT2D eigenvalue weighted by molar-refractivity contribution is 6.34. The first-order chi connectivity index (χ1) is 5.93. The van der Waals surface area contributed by atoms with Crippen molar-refractivity contribution in [1.29, 1.82) is 0 Å². The van der Waals surface area contributed by atoms with Crippen molar-refractivity contribution in [2.24, 2.45) is 0 Å². The zero-order chi connectivity index (χ0) is 10.5. The van der Waals surface area contributed by atoms with E-state index in [0.717, 1.165) is 6.04 Å². The van der Waals surface area contributed by atoms with E-state index in [1.54, 1.807) is 0 Å². The Bertz CT molecular complexity index is 131. The fourth-order valence-electron chi connectivity index (χ4n) is 1.77. The lowest BCUT2D eigenvalue weighted by atomic mass is 10.1. The summed E-state index contributed by atoms with van der Waals surface area (Å²) in [6.07, 6.45) is 1.30. The maximum Gasteiger partial charge on any atom is 0.0957 e. The molecule has 0 aliphatic rings. The summed E-state index contributed by atoms with van der Waals surface area (Å²) in [5, 5.41) is 0. The van der Waals surface area contributed by atoms with Gasteiger partial charge in [-0.05, 0) is 33.2 Å². The summed E-state index contributed by atoms with van der Waals surface area (Å²) in [4.78, 5) is 0. The predicted molar refractivity (Wildman–Crippen MR) is 69.4 cm³/mol. The fourth-order valence-corrected chi connectivity index (χ4v) is 4.74. The highest BCUT2D eigenvalue weighted by Gasteiger charge is 2.24. The van der Waals surface area contributed by atoms with Gasteiger partial charge in [0.25, 0.3) is 0 Å². The van der Waals surface area contributed by atoms with Crippen molar-refractivity contribution in [3.63, 3.8) is 0 Å². The van der Waals surface area contributed by atoms with Crippen LogP contribution in [0.15, 0.2) is 0 Å². The minimum absolute atomic E-state index is 0.0307. The average Bonchev–Trinajstić information content (AvgIpc) is 2.02. The second-order valence-electron chi connectivity index (χ2n) is 4.98. The van der Waals surface area contributed by atoms with Crippen LogP contribution in [0.2, 0.25) is 12.1 Å². The molecule has 0 saturated carbocycles. The molecular formula is C10H27NSi2. The Morgan fingerprint density at radius 1 is 1.38 bits per heavy atom. The zero-order valence-corrected chi connectivity index (χ0v) is 13.8. The van der Waals surface area contributed by atoms with Crippen LogP contribution in [-0.2, 0) is 0 Å². The Morgan fingerprint density at radius 2 is 1.92 bits per heavy atom. The molecular weight excluding hydrogens is 190 g/mol. The molecule has 13 heavy (non-hydrogen) atoms. The molecule has 0 saturated heterocycles. The minimum Gasteiger partial charge on any atom is -0.322 e. The SMILES string of the molecule is CCC(C)N([SiH2]CC[SiH3])C(C)(C)C. The van der Waals surface area contributed by atoms with Gasteiger partial charge in [-0.25, -0.2) is 0 Å². The van der Waals surface area contributed by atoms with E-state index < -0.39 is 0 Å². The van der Waals surface area contributed by atoms with Crippen molar-refractivity contribution in [3.05, 3.63) is 0 Å². The Morgan fingerprint density at radius 3 is 2.23 bits per heavy atom. The van der Waals surface area contributed by atoms with Crippen LogP contribution in [0.5, 0.6) is 0 Å². The molecule has 0 aromatic rings. The zero-order valence-electron chi connectivity index (χ0n) is 10.4. The van der Waals surface area contributed by atoms with Gasteiger partial charge in [-0.3, -0.25) is 0 Å². The van der Waals surface area contributed by atoms with E-state index in [0.29, 0.717) is 5.54 Å². The van der Waals surface area contributed by atoms with Crippen LogP contribution in [-0.4, -0.2) is 36.1 Å². The van der Waals surface area contributed by atoms with Gasteiger partial charge in [0, 0.05) is 15.8 Å². The normalized spacial score (nSPS) is 16.2. The smallest absolute Gasteiger partial charge is 0.0957 e. The first-order valence-corrected chi connectivity index (χ1v) is 8.74. The van der Waals surface area contributed by atoms with E-state index in [2.05, 4.69) is 39.2 Å². The number of hydrogen-bond acceptors (Lipinski definition) is 1. The minimum atomic E-state index is 0.0307. The molecule has 0 heterocycles. The molecule has 0 rings (SSSR count). The van der Waals surface area contributed by atoms with Crippen LogP contribution < -0.4 is 0 Å². The first-order valence-electron chi connectivity index (χ1n) is 5.70. The van der Waals surface area contributed by atoms with Crippen molar-refractivity contribution in [2.75, 3.05) is 0 Å². The van der Waals surface area contributed by atoms with Crippen molar-refractivity contribution in [1.82, 2.24) is 4.57 Å². The molecule has 80 valence electrons. The maximum absolute atomic E-state index is 2.78. The highest BCUT2D eigenvalue weighted by Crippen LogP contribution is 2.18. The number of hydrogen-bond donors (Lipinski definition) is 0. The van der Waals surface area contributed by atoms with Gasteiger partial charge in [-0.2, -0.15) is 0 Å². The van der Waals surface area contributed by atoms with Crippen LogP contribution >= 0.6 is 0 Å². The summed E-state index contributed by atoms with van der Waals surface area (Å²) in [5.74, 6) is 0. The van der Waals surface area contributed by atoms with Gasteiger partial charge in [0.2, 0.25) is 0 Å². The van der Waals surface area contributed by atoms with Crippen molar-refractivity contribution in [3.8, 4) is 0 Å². The average molecular weight is 218 g/mol. The summed E-state index contributed by atoms with van der Waals surface area (Å²) < 4.78 is 2.78. The number of rotatable bonds is 5. The van der Waals surface area contributed by atoms with Crippen LogP contribution in [0.4, 0.5) is 0 Å². The Hall–Kier alpha value is 0.394. The topological polar surface area (TPSA) is 3.24 Å². The van der Waals surface area contributed by atoms with Crippen LogP contribution in [0.1, 0.15) is 41.0 Å². The van der Waals surface area contributed by atoms with Gasteiger partial charge in [0.15, 0.2) is 0 Å². The third-order valence-electron chi connectivity index (χ3n) is 2.74. The Labute approximate surface area is 89.6 Å². The van der Waals surface area contributed by atoms with Gasteiger partial charge >= 0.3 is 0 Å². The number of nitrogens with zero attached hydrogens (tertiary/aromatic N) is 1. The van der Waals surface area contributed by atoms with E-state index in [-0.39, 0.29) is 9.68 Å². The molecule has 0 amide bonds. The lowest BCUT2D eigenvalue weighted by molar-refractivity contribution is 0.197. The molecule has 0 radical (unpaired) electrons. The van der Waals surface area contributed by atoms with Gasteiger partial charge in [-0.15, -0.1) is 0 Å². The molecule has 0 bridgehead atoms. The Balaban J connectivity index is 4.19. The fraction of sp³-hybridized carbons (Fsp3) is 1.00. The molecule has 1 unspecified atom stereocenters. The Kier molecular flexibility index (Phi) is 6.17. The summed E-state index contributed by atoms with van der Waals surface area (Å²) in [6.45, 7) is 11.8. The predicted octanol–water partition coefficient (Wildman–Crippen LogP) is 1.17. The molecule has 1 nitrogen and oxygen atoms in total. The second-order valence-corrected chi connectivity index (χ2v) is 7.81. The highest BCUT2D eigenvalue weighted by atomic mass is 28.2. The lowest BCUT2D eigenvalue weighted by Gasteiger charge is -2.40. The van der Waals surface area contributed by atoms with Gasteiger partial charge in [0.05, 0.1) is 9.68 Å². The molecule has 0 aromatic carbocycles. The molecule has 0 aliphatic carbocycles.